The topological polar surface area (TPSA) is 107 Å². The molecule has 0 bridgehead atoms. The van der Waals surface area contributed by atoms with Crippen LogP contribution in [-0.2, 0) is 14.9 Å². The van der Waals surface area contributed by atoms with E-state index in [4.69, 9.17) is 19.3 Å². The van der Waals surface area contributed by atoms with Crippen molar-refractivity contribution in [3.8, 4) is 17.2 Å². The Hall–Kier alpha value is -4.05. The standard InChI is InChI=1S/C28H37N5O5/c1-19-10-8-9-11-22(19)33-25(17-24(31-33)28(2,3)4)30-26(34)18-32(14-15-36-5)27(35)29-21-13-12-20(37-6)16-23(21)38-7/h8-13,16-17H,14-15,18H2,1-7H3,(H,29,35)(H,30,34). The third-order valence-corrected chi connectivity index (χ3v) is 5.93. The molecule has 0 saturated heterocycles. The summed E-state index contributed by atoms with van der Waals surface area (Å²) in [6.07, 6.45) is 0. The molecule has 1 heterocycles. The molecule has 3 rings (SSSR count). The first kappa shape index (κ1) is 28.5. The van der Waals surface area contributed by atoms with E-state index in [1.54, 1.807) is 30.0 Å². The highest BCUT2D eigenvalue weighted by molar-refractivity contribution is 5.97. The summed E-state index contributed by atoms with van der Waals surface area (Å²) in [4.78, 5) is 27.8. The van der Waals surface area contributed by atoms with Gasteiger partial charge in [0, 0.05) is 31.2 Å². The van der Waals surface area contributed by atoms with Gasteiger partial charge in [-0.3, -0.25) is 4.79 Å². The second-order valence-electron chi connectivity index (χ2n) is 9.82. The van der Waals surface area contributed by atoms with Gasteiger partial charge >= 0.3 is 6.03 Å². The molecule has 0 radical (unpaired) electrons. The molecule has 0 aliphatic carbocycles. The zero-order valence-corrected chi connectivity index (χ0v) is 23.1. The van der Waals surface area contributed by atoms with Gasteiger partial charge in [-0.05, 0) is 30.7 Å². The van der Waals surface area contributed by atoms with Crippen molar-refractivity contribution < 1.29 is 23.8 Å². The Balaban J connectivity index is 1.83. The average molecular weight is 524 g/mol. The van der Waals surface area contributed by atoms with E-state index in [2.05, 4.69) is 31.4 Å². The van der Waals surface area contributed by atoms with Gasteiger partial charge in [-0.1, -0.05) is 39.0 Å². The number of carbonyl (C=O) groups is 2. The van der Waals surface area contributed by atoms with Crippen molar-refractivity contribution >= 4 is 23.4 Å². The highest BCUT2D eigenvalue weighted by Gasteiger charge is 2.24. The Morgan fingerprint density at radius 3 is 2.37 bits per heavy atom. The molecule has 0 fully saturated rings. The number of hydrogen-bond acceptors (Lipinski definition) is 6. The maximum atomic E-state index is 13.2. The summed E-state index contributed by atoms with van der Waals surface area (Å²) < 4.78 is 17.5. The number of para-hydroxylation sites is 1. The van der Waals surface area contributed by atoms with Crippen molar-refractivity contribution in [3.05, 3.63) is 59.8 Å². The zero-order valence-electron chi connectivity index (χ0n) is 23.1. The van der Waals surface area contributed by atoms with E-state index in [0.29, 0.717) is 23.0 Å². The van der Waals surface area contributed by atoms with Crippen LogP contribution in [-0.4, -0.2) is 67.6 Å². The summed E-state index contributed by atoms with van der Waals surface area (Å²) in [6, 6.07) is 14.3. The smallest absolute Gasteiger partial charge is 0.322 e. The number of hydrogen-bond donors (Lipinski definition) is 2. The minimum absolute atomic E-state index is 0.197. The van der Waals surface area contributed by atoms with Crippen LogP contribution in [0.4, 0.5) is 16.3 Å². The van der Waals surface area contributed by atoms with Gasteiger partial charge in [0.1, 0.15) is 23.9 Å². The van der Waals surface area contributed by atoms with E-state index in [0.717, 1.165) is 16.9 Å². The highest BCUT2D eigenvalue weighted by Crippen LogP contribution is 2.30. The van der Waals surface area contributed by atoms with Crippen LogP contribution in [0.25, 0.3) is 5.69 Å². The summed E-state index contributed by atoms with van der Waals surface area (Å²) in [5.74, 6) is 1.19. The molecule has 3 amide bonds. The number of urea groups is 1. The minimum Gasteiger partial charge on any atom is -0.497 e. The SMILES string of the molecule is COCCN(CC(=O)Nc1cc(C(C)(C)C)nn1-c1ccccc1C)C(=O)Nc1ccc(OC)cc1OC. The van der Waals surface area contributed by atoms with Gasteiger partial charge in [0.05, 0.1) is 37.9 Å². The predicted molar refractivity (Wildman–Crippen MR) is 148 cm³/mol. The number of nitrogens with one attached hydrogen (secondary N) is 2. The van der Waals surface area contributed by atoms with Gasteiger partial charge in [-0.2, -0.15) is 5.10 Å². The fourth-order valence-corrected chi connectivity index (χ4v) is 3.73. The van der Waals surface area contributed by atoms with Crippen LogP contribution >= 0.6 is 0 Å². The van der Waals surface area contributed by atoms with E-state index >= 15 is 0 Å². The summed E-state index contributed by atoms with van der Waals surface area (Å²) in [5, 5.41) is 10.5. The van der Waals surface area contributed by atoms with Crippen LogP contribution in [0.2, 0.25) is 0 Å². The van der Waals surface area contributed by atoms with Gasteiger partial charge in [-0.15, -0.1) is 0 Å². The normalized spacial score (nSPS) is 11.1. The van der Waals surface area contributed by atoms with E-state index in [1.165, 1.54) is 19.1 Å². The Labute approximate surface area is 223 Å². The zero-order chi connectivity index (χ0) is 27.9. The summed E-state index contributed by atoms with van der Waals surface area (Å²) >= 11 is 0. The number of anilines is 2. The molecule has 2 aromatic carbocycles. The summed E-state index contributed by atoms with van der Waals surface area (Å²) in [7, 11) is 4.59. The molecule has 1 aromatic heterocycles. The molecule has 0 unspecified atom stereocenters. The largest absolute Gasteiger partial charge is 0.497 e. The van der Waals surface area contributed by atoms with Crippen molar-refractivity contribution in [1.82, 2.24) is 14.7 Å². The van der Waals surface area contributed by atoms with Crippen LogP contribution in [0.3, 0.4) is 0 Å². The Bertz CT molecular complexity index is 1260. The Kier molecular flexibility index (Phi) is 9.35. The number of aryl methyl sites for hydroxylation is 1. The van der Waals surface area contributed by atoms with E-state index in [1.807, 2.05) is 37.3 Å². The van der Waals surface area contributed by atoms with Crippen LogP contribution in [0.5, 0.6) is 11.5 Å². The third kappa shape index (κ3) is 7.04. The van der Waals surface area contributed by atoms with Crippen LogP contribution < -0.4 is 20.1 Å². The molecule has 10 heteroatoms. The summed E-state index contributed by atoms with van der Waals surface area (Å²) in [5.41, 5.74) is 2.93. The van der Waals surface area contributed by atoms with Gasteiger partial charge in [0.15, 0.2) is 0 Å². The third-order valence-electron chi connectivity index (χ3n) is 5.93. The number of methoxy groups -OCH3 is 3. The van der Waals surface area contributed by atoms with Gasteiger partial charge in [-0.25, -0.2) is 9.48 Å². The molecular weight excluding hydrogens is 486 g/mol. The van der Waals surface area contributed by atoms with Crippen molar-refractivity contribution in [2.24, 2.45) is 0 Å². The lowest BCUT2D eigenvalue weighted by Crippen LogP contribution is -2.42. The lowest BCUT2D eigenvalue weighted by molar-refractivity contribution is -0.116. The quantitative estimate of drug-likeness (QED) is 0.402. The number of ether oxygens (including phenoxy) is 3. The molecule has 2 N–H and O–H groups in total. The van der Waals surface area contributed by atoms with E-state index in [9.17, 15) is 9.59 Å². The van der Waals surface area contributed by atoms with Crippen molar-refractivity contribution in [3.63, 3.8) is 0 Å². The van der Waals surface area contributed by atoms with Crippen LogP contribution in [0.15, 0.2) is 48.5 Å². The lowest BCUT2D eigenvalue weighted by Gasteiger charge is -2.23. The first-order chi connectivity index (χ1) is 18.1. The second kappa shape index (κ2) is 12.5. The fraction of sp³-hybridized carbons (Fsp3) is 0.393. The summed E-state index contributed by atoms with van der Waals surface area (Å²) in [6.45, 7) is 8.45. The van der Waals surface area contributed by atoms with E-state index < -0.39 is 6.03 Å². The highest BCUT2D eigenvalue weighted by atomic mass is 16.5. The Morgan fingerprint density at radius 2 is 1.74 bits per heavy atom. The molecule has 0 spiro atoms. The number of benzene rings is 2. The number of amides is 3. The van der Waals surface area contributed by atoms with Crippen LogP contribution in [0.1, 0.15) is 32.0 Å². The number of carbonyl (C=O) groups excluding carboxylic acids is 2. The molecule has 204 valence electrons. The van der Waals surface area contributed by atoms with Crippen LogP contribution in [0, 0.1) is 6.92 Å². The maximum Gasteiger partial charge on any atom is 0.322 e. The van der Waals surface area contributed by atoms with Gasteiger partial charge < -0.3 is 29.7 Å². The lowest BCUT2D eigenvalue weighted by atomic mass is 9.92. The average Bonchev–Trinajstić information content (AvgIpc) is 3.30. The molecule has 0 saturated carbocycles. The number of aromatic nitrogens is 2. The first-order valence-electron chi connectivity index (χ1n) is 12.3. The molecule has 0 aliphatic rings. The molecule has 0 aliphatic heterocycles. The molecule has 10 nitrogen and oxygen atoms in total. The monoisotopic (exact) mass is 523 g/mol. The Morgan fingerprint density at radius 1 is 1.00 bits per heavy atom. The molecule has 0 atom stereocenters. The molecule has 3 aromatic rings. The van der Waals surface area contributed by atoms with Crippen molar-refractivity contribution in [2.45, 2.75) is 33.1 Å². The molecular formula is C28H37N5O5. The maximum absolute atomic E-state index is 13.2. The second-order valence-corrected chi connectivity index (χ2v) is 9.82. The predicted octanol–water partition coefficient (Wildman–Crippen LogP) is 4.61. The van der Waals surface area contributed by atoms with E-state index in [-0.39, 0.29) is 31.0 Å². The number of rotatable bonds is 10. The van der Waals surface area contributed by atoms with Gasteiger partial charge in [0.25, 0.3) is 0 Å². The fourth-order valence-electron chi connectivity index (χ4n) is 3.73. The first-order valence-corrected chi connectivity index (χ1v) is 12.3. The minimum atomic E-state index is -0.469. The van der Waals surface area contributed by atoms with Crippen molar-refractivity contribution in [1.29, 1.82) is 0 Å². The van der Waals surface area contributed by atoms with Gasteiger partial charge in [0.2, 0.25) is 5.91 Å². The number of nitrogens with zero attached hydrogens (tertiary/aromatic N) is 3. The molecule has 38 heavy (non-hydrogen) atoms. The van der Waals surface area contributed by atoms with Crippen molar-refractivity contribution in [2.75, 3.05) is 51.7 Å².